The Morgan fingerprint density at radius 1 is 1.23 bits per heavy atom. The summed E-state index contributed by atoms with van der Waals surface area (Å²) in [6.07, 6.45) is 3.55. The third kappa shape index (κ3) is 8.87. The molecule has 0 radical (unpaired) electrons. The van der Waals surface area contributed by atoms with Crippen LogP contribution >= 0.6 is 0 Å². The summed E-state index contributed by atoms with van der Waals surface area (Å²) in [5.41, 5.74) is 1.80. The number of hydrogen-bond acceptors (Lipinski definition) is 8. The number of aromatic nitrogens is 2. The summed E-state index contributed by atoms with van der Waals surface area (Å²) in [7, 11) is 1.81. The first-order valence-electron chi connectivity index (χ1n) is 13.1. The molecule has 0 aliphatic carbocycles. The number of amides is 2. The minimum atomic E-state index is -2.73. The molecule has 1 aromatic carbocycles. The normalized spacial score (nSPS) is 15.8. The molecule has 40 heavy (non-hydrogen) atoms. The molecular weight excluding hydrogens is 520 g/mol. The van der Waals surface area contributed by atoms with Gasteiger partial charge in [0, 0.05) is 69.1 Å². The van der Waals surface area contributed by atoms with Crippen molar-refractivity contribution in [2.75, 3.05) is 46.3 Å². The molecule has 1 aliphatic heterocycles. The van der Waals surface area contributed by atoms with Crippen LogP contribution in [0.5, 0.6) is 0 Å². The smallest absolute Gasteiger partial charge is 0.410 e. The number of likely N-dealkylation sites (tertiary alicyclic amines) is 1. The number of fused-ring (bicyclic) bond motifs is 1. The highest BCUT2D eigenvalue weighted by atomic mass is 19.3. The lowest BCUT2D eigenvalue weighted by molar-refractivity contribution is -0.0494. The third-order valence-electron chi connectivity index (χ3n) is 6.11. The maximum absolute atomic E-state index is 13.5. The van der Waals surface area contributed by atoms with Crippen LogP contribution in [0.3, 0.4) is 0 Å². The number of rotatable bonds is 10. The first-order chi connectivity index (χ1) is 18.9. The van der Waals surface area contributed by atoms with E-state index < -0.39 is 17.6 Å². The van der Waals surface area contributed by atoms with E-state index in [9.17, 15) is 18.4 Å². The van der Waals surface area contributed by atoms with Crippen molar-refractivity contribution in [2.45, 2.75) is 45.1 Å². The average Bonchev–Trinajstić information content (AvgIpc) is 2.90. The summed E-state index contributed by atoms with van der Waals surface area (Å²) >= 11 is 0. The van der Waals surface area contributed by atoms with Crippen LogP contribution in [-0.2, 0) is 4.74 Å². The Kier molecular flexibility index (Phi) is 10.4. The van der Waals surface area contributed by atoms with E-state index in [1.807, 2.05) is 27.8 Å². The number of halogens is 2. The van der Waals surface area contributed by atoms with Crippen LogP contribution in [0, 0.1) is 0 Å². The van der Waals surface area contributed by atoms with Gasteiger partial charge in [-0.2, -0.15) is 0 Å². The van der Waals surface area contributed by atoms with Crippen molar-refractivity contribution in [2.24, 2.45) is 9.98 Å². The van der Waals surface area contributed by atoms with Crippen molar-refractivity contribution in [3.8, 4) is 0 Å². The van der Waals surface area contributed by atoms with Gasteiger partial charge in [0.1, 0.15) is 5.60 Å². The summed E-state index contributed by atoms with van der Waals surface area (Å²) in [5.74, 6) is -3.05. The van der Waals surface area contributed by atoms with Crippen molar-refractivity contribution in [3.05, 3.63) is 41.9 Å². The van der Waals surface area contributed by atoms with Crippen molar-refractivity contribution in [1.29, 1.82) is 0 Å². The van der Waals surface area contributed by atoms with E-state index >= 15 is 0 Å². The van der Waals surface area contributed by atoms with Crippen LogP contribution in [0.15, 0.2) is 40.6 Å². The Labute approximate surface area is 233 Å². The summed E-state index contributed by atoms with van der Waals surface area (Å²) in [6.45, 7) is 10.7. The van der Waals surface area contributed by atoms with Gasteiger partial charge >= 0.3 is 6.09 Å². The van der Waals surface area contributed by atoms with Gasteiger partial charge in [-0.25, -0.2) is 18.6 Å². The van der Waals surface area contributed by atoms with E-state index in [2.05, 4.69) is 32.0 Å². The standard InChI is InChI=1S/C28H37F2N7O3/c1-27(2,3)40-26(39)37(14-10-31-4)15-11-33-18-21(17-32-5)24-19-34-22-7-6-20(16-23(22)35-24)25(38)36-12-8-28(29,30)9-13-36/h6-7,16-19,31H,5,8-15H2,1-4H3/b21-17+,33-18?. The second-order valence-electron chi connectivity index (χ2n) is 10.5. The molecule has 216 valence electrons. The Balaban J connectivity index is 1.73. The van der Waals surface area contributed by atoms with E-state index in [0.29, 0.717) is 54.0 Å². The van der Waals surface area contributed by atoms with Gasteiger partial charge in [0.15, 0.2) is 0 Å². The number of nitrogens with zero attached hydrogens (tertiary/aromatic N) is 6. The third-order valence-corrected chi connectivity index (χ3v) is 6.11. The summed E-state index contributed by atoms with van der Waals surface area (Å²) in [5, 5.41) is 3.02. The van der Waals surface area contributed by atoms with Crippen LogP contribution in [0.4, 0.5) is 13.6 Å². The molecule has 3 rings (SSSR count). The maximum Gasteiger partial charge on any atom is 0.410 e. The summed E-state index contributed by atoms with van der Waals surface area (Å²) in [6, 6.07) is 4.91. The Hall–Kier alpha value is -3.80. The Morgan fingerprint density at radius 2 is 1.95 bits per heavy atom. The number of piperidine rings is 1. The van der Waals surface area contributed by atoms with Gasteiger partial charge in [-0.1, -0.05) is 0 Å². The fraction of sp³-hybridized carbons (Fsp3) is 0.500. The monoisotopic (exact) mass is 557 g/mol. The Morgan fingerprint density at radius 3 is 2.60 bits per heavy atom. The predicted octanol–water partition coefficient (Wildman–Crippen LogP) is 4.07. The van der Waals surface area contributed by atoms with Crippen LogP contribution in [-0.4, -0.2) is 103 Å². The van der Waals surface area contributed by atoms with Crippen LogP contribution in [0.1, 0.15) is 49.7 Å². The first kappa shape index (κ1) is 30.7. The number of carbonyl (C=O) groups is 2. The number of ether oxygens (including phenoxy) is 1. The molecule has 12 heteroatoms. The molecule has 1 fully saturated rings. The van der Waals surface area contributed by atoms with Gasteiger partial charge in [0.25, 0.3) is 11.8 Å². The number of alkyl halides is 2. The van der Waals surface area contributed by atoms with Gasteiger partial charge in [-0.3, -0.25) is 19.8 Å². The zero-order valence-corrected chi connectivity index (χ0v) is 23.5. The number of likely N-dealkylation sites (N-methyl/N-ethyl adjacent to an activating group) is 1. The molecule has 1 saturated heterocycles. The number of carbonyl (C=O) groups excluding carboxylic acids is 2. The number of hydrogen-bond donors (Lipinski definition) is 1. The molecule has 10 nitrogen and oxygen atoms in total. The van der Waals surface area contributed by atoms with Gasteiger partial charge < -0.3 is 19.9 Å². The lowest BCUT2D eigenvalue weighted by atomic mass is 10.1. The van der Waals surface area contributed by atoms with Gasteiger partial charge in [0.05, 0.1) is 29.5 Å². The second-order valence-corrected chi connectivity index (χ2v) is 10.5. The van der Waals surface area contributed by atoms with Crippen LogP contribution in [0.25, 0.3) is 16.6 Å². The molecule has 0 spiro atoms. The highest BCUT2D eigenvalue weighted by molar-refractivity contribution is 6.09. The Bertz CT molecular complexity index is 1260. The lowest BCUT2D eigenvalue weighted by Gasteiger charge is -2.31. The molecule has 0 atom stereocenters. The fourth-order valence-corrected chi connectivity index (χ4v) is 3.98. The topological polar surface area (TPSA) is 112 Å². The van der Waals surface area contributed by atoms with E-state index in [-0.39, 0.29) is 31.8 Å². The quantitative estimate of drug-likeness (QED) is 0.441. The van der Waals surface area contributed by atoms with Crippen LogP contribution < -0.4 is 5.32 Å². The molecule has 1 aliphatic rings. The number of nitrogens with one attached hydrogen (secondary N) is 1. The second kappa shape index (κ2) is 13.5. The molecule has 1 N–H and O–H groups in total. The number of allylic oxidation sites excluding steroid dienone is 1. The van der Waals surface area contributed by atoms with Gasteiger partial charge in [-0.05, 0) is 52.7 Å². The molecule has 2 amide bonds. The zero-order chi connectivity index (χ0) is 29.3. The highest BCUT2D eigenvalue weighted by Crippen LogP contribution is 2.28. The zero-order valence-electron chi connectivity index (χ0n) is 23.5. The van der Waals surface area contributed by atoms with E-state index in [0.717, 1.165) is 0 Å². The molecule has 0 saturated carbocycles. The molecule has 0 unspecified atom stereocenters. The largest absolute Gasteiger partial charge is 0.444 e. The van der Waals surface area contributed by atoms with Crippen molar-refractivity contribution in [1.82, 2.24) is 25.1 Å². The molecule has 2 aromatic rings. The minimum Gasteiger partial charge on any atom is -0.444 e. The summed E-state index contributed by atoms with van der Waals surface area (Å²) in [4.78, 5) is 45.9. The lowest BCUT2D eigenvalue weighted by Crippen LogP contribution is -2.42. The maximum atomic E-state index is 13.5. The highest BCUT2D eigenvalue weighted by Gasteiger charge is 2.35. The van der Waals surface area contributed by atoms with Gasteiger partial charge in [-0.15, -0.1) is 0 Å². The molecule has 1 aromatic heterocycles. The molecular formula is C28H37F2N7O3. The SMILES string of the molecule is C=N/C=C(\C=NCCN(CCNC)C(=O)OC(C)(C)C)c1cnc2ccc(C(=O)N3CCC(F)(F)CC3)cc2n1. The van der Waals surface area contributed by atoms with Crippen LogP contribution in [0.2, 0.25) is 0 Å². The first-order valence-corrected chi connectivity index (χ1v) is 13.1. The average molecular weight is 558 g/mol. The number of aliphatic imine (C=N–C) groups is 2. The predicted molar refractivity (Wildman–Crippen MR) is 152 cm³/mol. The minimum absolute atomic E-state index is 0.00422. The van der Waals surface area contributed by atoms with E-state index in [1.165, 1.54) is 11.1 Å². The van der Waals surface area contributed by atoms with Crippen molar-refractivity contribution < 1.29 is 23.1 Å². The molecule has 0 bridgehead atoms. The van der Waals surface area contributed by atoms with Gasteiger partial charge in [0.2, 0.25) is 0 Å². The molecule has 2 heterocycles. The summed E-state index contributed by atoms with van der Waals surface area (Å²) < 4.78 is 32.5. The van der Waals surface area contributed by atoms with E-state index in [1.54, 1.807) is 35.5 Å². The van der Waals surface area contributed by atoms with Crippen molar-refractivity contribution in [3.63, 3.8) is 0 Å². The fourth-order valence-electron chi connectivity index (χ4n) is 3.98. The van der Waals surface area contributed by atoms with Crippen molar-refractivity contribution >= 4 is 41.5 Å². The van der Waals surface area contributed by atoms with E-state index in [4.69, 9.17) is 4.74 Å². The number of benzene rings is 1.